The average molecular weight is 297 g/mol. The standard InChI is InChI=1S/C14H23N3O4/c1-7(10-8(2)17-21-9(10)3)15-13(20)16-11(12(18)19)14(4,5)6/h7,11H,1-6H3,(H,18,19)(H2,15,16,20). The number of nitrogens with zero attached hydrogens (tertiary/aromatic N) is 1. The molecule has 0 aliphatic carbocycles. The van der Waals surface area contributed by atoms with Gasteiger partial charge >= 0.3 is 12.0 Å². The number of hydrogen-bond donors (Lipinski definition) is 3. The first-order valence-corrected chi connectivity index (χ1v) is 6.76. The Balaban J connectivity index is 2.75. The summed E-state index contributed by atoms with van der Waals surface area (Å²) in [6.07, 6.45) is 0. The van der Waals surface area contributed by atoms with Crippen molar-refractivity contribution in [1.29, 1.82) is 0 Å². The lowest BCUT2D eigenvalue weighted by Gasteiger charge is -2.28. The SMILES string of the molecule is Cc1noc(C)c1C(C)NC(=O)NC(C(=O)O)C(C)(C)C. The number of nitrogens with one attached hydrogen (secondary N) is 2. The number of aryl methyl sites for hydroxylation is 2. The van der Waals surface area contributed by atoms with Crippen molar-refractivity contribution < 1.29 is 19.2 Å². The topological polar surface area (TPSA) is 104 Å². The predicted octanol–water partition coefficient (Wildman–Crippen LogP) is 2.15. The fourth-order valence-corrected chi connectivity index (χ4v) is 2.20. The molecule has 2 atom stereocenters. The number of amides is 2. The van der Waals surface area contributed by atoms with Gasteiger partial charge < -0.3 is 20.3 Å². The quantitative estimate of drug-likeness (QED) is 0.790. The second kappa shape index (κ2) is 6.15. The molecule has 7 heteroatoms. The van der Waals surface area contributed by atoms with E-state index in [-0.39, 0.29) is 6.04 Å². The summed E-state index contributed by atoms with van der Waals surface area (Å²) in [6, 6.07) is -1.84. The van der Waals surface area contributed by atoms with Crippen LogP contribution >= 0.6 is 0 Å². The van der Waals surface area contributed by atoms with Crippen molar-refractivity contribution >= 4 is 12.0 Å². The Hall–Kier alpha value is -2.05. The minimum absolute atomic E-state index is 0.328. The molecular weight excluding hydrogens is 274 g/mol. The van der Waals surface area contributed by atoms with Gasteiger partial charge in [0.1, 0.15) is 11.8 Å². The van der Waals surface area contributed by atoms with Crippen molar-refractivity contribution in [3.8, 4) is 0 Å². The van der Waals surface area contributed by atoms with E-state index in [0.29, 0.717) is 11.5 Å². The van der Waals surface area contributed by atoms with Crippen molar-refractivity contribution in [2.75, 3.05) is 0 Å². The molecule has 0 saturated carbocycles. The number of carboxylic acid groups (broad SMARTS) is 1. The Morgan fingerprint density at radius 3 is 2.19 bits per heavy atom. The van der Waals surface area contributed by atoms with Gasteiger partial charge in [0.05, 0.1) is 11.7 Å². The third kappa shape index (κ3) is 4.21. The van der Waals surface area contributed by atoms with Gasteiger partial charge in [0, 0.05) is 5.56 Å². The monoisotopic (exact) mass is 297 g/mol. The molecule has 3 N–H and O–H groups in total. The highest BCUT2D eigenvalue weighted by molar-refractivity contribution is 5.83. The third-order valence-corrected chi connectivity index (χ3v) is 3.26. The van der Waals surface area contributed by atoms with Crippen LogP contribution in [0.4, 0.5) is 4.79 Å². The molecule has 2 amide bonds. The van der Waals surface area contributed by atoms with E-state index < -0.39 is 23.5 Å². The van der Waals surface area contributed by atoms with Crippen LogP contribution in [-0.2, 0) is 4.79 Å². The Kier molecular flexibility index (Phi) is 4.98. The maximum Gasteiger partial charge on any atom is 0.326 e. The molecule has 0 aliphatic heterocycles. The fourth-order valence-electron chi connectivity index (χ4n) is 2.20. The minimum atomic E-state index is -1.07. The second-order valence-electron chi connectivity index (χ2n) is 6.21. The number of carbonyl (C=O) groups is 2. The van der Waals surface area contributed by atoms with Crippen molar-refractivity contribution in [2.24, 2.45) is 5.41 Å². The molecule has 2 unspecified atom stereocenters. The molecule has 1 aromatic rings. The van der Waals surface area contributed by atoms with Crippen molar-refractivity contribution in [2.45, 2.75) is 53.6 Å². The molecule has 0 saturated heterocycles. The zero-order valence-corrected chi connectivity index (χ0v) is 13.3. The first-order chi connectivity index (χ1) is 9.54. The van der Waals surface area contributed by atoms with E-state index in [9.17, 15) is 14.7 Å². The number of urea groups is 1. The number of aliphatic carboxylic acids is 1. The maximum absolute atomic E-state index is 12.0. The summed E-state index contributed by atoms with van der Waals surface area (Å²) in [5.41, 5.74) is 0.911. The summed E-state index contributed by atoms with van der Waals surface area (Å²) in [5, 5.41) is 18.2. The lowest BCUT2D eigenvalue weighted by molar-refractivity contribution is -0.141. The highest BCUT2D eigenvalue weighted by Crippen LogP contribution is 2.22. The molecule has 7 nitrogen and oxygen atoms in total. The van der Waals surface area contributed by atoms with E-state index >= 15 is 0 Å². The summed E-state index contributed by atoms with van der Waals surface area (Å²) < 4.78 is 5.06. The summed E-state index contributed by atoms with van der Waals surface area (Å²) in [4.78, 5) is 23.2. The second-order valence-corrected chi connectivity index (χ2v) is 6.21. The number of carboxylic acids is 1. The maximum atomic E-state index is 12.0. The summed E-state index contributed by atoms with van der Waals surface area (Å²) in [6.45, 7) is 10.6. The number of aromatic nitrogens is 1. The Bertz CT molecular complexity index is 511. The molecule has 0 spiro atoms. The Morgan fingerprint density at radius 2 is 1.81 bits per heavy atom. The zero-order valence-electron chi connectivity index (χ0n) is 13.3. The van der Waals surface area contributed by atoms with Crippen molar-refractivity contribution in [3.05, 3.63) is 17.0 Å². The van der Waals surface area contributed by atoms with E-state index in [4.69, 9.17) is 4.52 Å². The van der Waals surface area contributed by atoms with Crippen molar-refractivity contribution in [1.82, 2.24) is 15.8 Å². The molecular formula is C14H23N3O4. The van der Waals surface area contributed by atoms with Crippen LogP contribution in [-0.4, -0.2) is 28.3 Å². The molecule has 1 rings (SSSR count). The number of rotatable bonds is 4. The summed E-state index contributed by atoms with van der Waals surface area (Å²) in [7, 11) is 0. The highest BCUT2D eigenvalue weighted by Gasteiger charge is 2.33. The highest BCUT2D eigenvalue weighted by atomic mass is 16.5. The van der Waals surface area contributed by atoms with Gasteiger partial charge in [0.15, 0.2) is 0 Å². The molecule has 0 radical (unpaired) electrons. The van der Waals surface area contributed by atoms with E-state index in [0.717, 1.165) is 5.56 Å². The normalized spacial score (nSPS) is 14.4. The first kappa shape index (κ1) is 17.0. The van der Waals surface area contributed by atoms with E-state index in [1.807, 2.05) is 0 Å². The van der Waals surface area contributed by atoms with Gasteiger partial charge in [-0.05, 0) is 26.2 Å². The average Bonchev–Trinajstić information content (AvgIpc) is 2.64. The van der Waals surface area contributed by atoms with Gasteiger partial charge in [0.25, 0.3) is 0 Å². The van der Waals surface area contributed by atoms with Crippen LogP contribution < -0.4 is 10.6 Å². The summed E-state index contributed by atoms with van der Waals surface area (Å²) >= 11 is 0. The van der Waals surface area contributed by atoms with Crippen molar-refractivity contribution in [3.63, 3.8) is 0 Å². The number of carbonyl (C=O) groups excluding carboxylic acids is 1. The lowest BCUT2D eigenvalue weighted by atomic mass is 9.87. The van der Waals surface area contributed by atoms with Crippen LogP contribution in [0.2, 0.25) is 0 Å². The van der Waals surface area contributed by atoms with Crippen LogP contribution in [0.1, 0.15) is 50.8 Å². The van der Waals surface area contributed by atoms with E-state index in [2.05, 4.69) is 15.8 Å². The van der Waals surface area contributed by atoms with Gasteiger partial charge in [-0.15, -0.1) is 0 Å². The predicted molar refractivity (Wildman–Crippen MR) is 76.9 cm³/mol. The van der Waals surface area contributed by atoms with Gasteiger partial charge in [0.2, 0.25) is 0 Å². The molecule has 0 fully saturated rings. The molecule has 1 aromatic heterocycles. The largest absolute Gasteiger partial charge is 0.480 e. The molecule has 1 heterocycles. The zero-order chi connectivity index (χ0) is 16.4. The molecule has 0 aromatic carbocycles. The van der Waals surface area contributed by atoms with Crippen LogP contribution in [0, 0.1) is 19.3 Å². The molecule has 118 valence electrons. The third-order valence-electron chi connectivity index (χ3n) is 3.26. The van der Waals surface area contributed by atoms with Crippen LogP contribution in [0.25, 0.3) is 0 Å². The first-order valence-electron chi connectivity index (χ1n) is 6.76. The van der Waals surface area contributed by atoms with E-state index in [1.54, 1.807) is 41.5 Å². The van der Waals surface area contributed by atoms with Gasteiger partial charge in [-0.2, -0.15) is 0 Å². The Labute approximate surface area is 124 Å². The van der Waals surface area contributed by atoms with Gasteiger partial charge in [-0.3, -0.25) is 0 Å². The van der Waals surface area contributed by atoms with Gasteiger partial charge in [-0.1, -0.05) is 25.9 Å². The molecule has 0 aliphatic rings. The molecule has 21 heavy (non-hydrogen) atoms. The lowest BCUT2D eigenvalue weighted by Crippen LogP contribution is -2.52. The van der Waals surface area contributed by atoms with E-state index in [1.165, 1.54) is 0 Å². The fraction of sp³-hybridized carbons (Fsp3) is 0.643. The molecule has 0 bridgehead atoms. The van der Waals surface area contributed by atoms with Crippen LogP contribution in [0.15, 0.2) is 4.52 Å². The Morgan fingerprint density at radius 1 is 1.24 bits per heavy atom. The minimum Gasteiger partial charge on any atom is -0.480 e. The number of hydrogen-bond acceptors (Lipinski definition) is 4. The smallest absolute Gasteiger partial charge is 0.326 e. The van der Waals surface area contributed by atoms with Crippen LogP contribution in [0.5, 0.6) is 0 Å². The van der Waals surface area contributed by atoms with Crippen LogP contribution in [0.3, 0.4) is 0 Å². The summed E-state index contributed by atoms with van der Waals surface area (Å²) in [5.74, 6) is -0.437. The van der Waals surface area contributed by atoms with Gasteiger partial charge in [-0.25, -0.2) is 9.59 Å².